The largest absolute Gasteiger partial charge is 0.387 e. The summed E-state index contributed by atoms with van der Waals surface area (Å²) in [5.74, 6) is -0.265. The number of nitrogens with zero attached hydrogens (tertiary/aromatic N) is 2. The number of aliphatic hydroxyl groups is 1. The van der Waals surface area contributed by atoms with Crippen LogP contribution in [0.25, 0.3) is 10.9 Å². The van der Waals surface area contributed by atoms with Gasteiger partial charge in [-0.05, 0) is 18.2 Å². The van der Waals surface area contributed by atoms with Gasteiger partial charge in [-0.2, -0.15) is 0 Å². The van der Waals surface area contributed by atoms with Gasteiger partial charge in [0.25, 0.3) is 0 Å². The molecule has 0 radical (unpaired) electrons. The topological polar surface area (TPSA) is 40.4 Å². The van der Waals surface area contributed by atoms with Gasteiger partial charge in [0.2, 0.25) is 0 Å². The third-order valence-electron chi connectivity index (χ3n) is 3.98. The van der Waals surface area contributed by atoms with E-state index < -0.39 is 6.10 Å². The van der Waals surface area contributed by atoms with Crippen molar-refractivity contribution in [2.24, 2.45) is 7.05 Å². The first kappa shape index (κ1) is 13.5. The van der Waals surface area contributed by atoms with E-state index in [9.17, 15) is 9.50 Å². The molecule has 2 aromatic rings. The van der Waals surface area contributed by atoms with E-state index in [-0.39, 0.29) is 5.82 Å². The van der Waals surface area contributed by atoms with Crippen LogP contribution in [0.5, 0.6) is 0 Å². The second-order valence-electron chi connectivity index (χ2n) is 5.42. The highest BCUT2D eigenvalue weighted by Crippen LogP contribution is 2.27. The SMILES string of the molecule is Cn1cc(C(O)CN2CCNCC2)c2cc(F)ccc21. The first-order valence-electron chi connectivity index (χ1n) is 7.01. The zero-order valence-corrected chi connectivity index (χ0v) is 11.6. The van der Waals surface area contributed by atoms with Crippen LogP contribution in [0.4, 0.5) is 4.39 Å². The number of aliphatic hydroxyl groups excluding tert-OH is 1. The van der Waals surface area contributed by atoms with Crippen molar-refractivity contribution in [2.45, 2.75) is 6.10 Å². The number of piperazine rings is 1. The summed E-state index contributed by atoms with van der Waals surface area (Å²) in [4.78, 5) is 2.24. The van der Waals surface area contributed by atoms with Gasteiger partial charge in [-0.1, -0.05) is 0 Å². The fraction of sp³-hybridized carbons (Fsp3) is 0.467. The third kappa shape index (κ3) is 2.57. The summed E-state index contributed by atoms with van der Waals surface area (Å²) >= 11 is 0. The number of nitrogens with one attached hydrogen (secondary N) is 1. The average Bonchev–Trinajstić information content (AvgIpc) is 2.77. The first-order chi connectivity index (χ1) is 9.65. The molecule has 0 saturated carbocycles. The molecule has 1 aromatic carbocycles. The van der Waals surface area contributed by atoms with Gasteiger partial charge in [0.1, 0.15) is 5.82 Å². The monoisotopic (exact) mass is 277 g/mol. The number of halogens is 1. The molecule has 1 unspecified atom stereocenters. The number of β-amino-alcohol motifs (C(OH)–C–C–N with tert-alkyl or cyclic N) is 1. The Morgan fingerprint density at radius 1 is 1.35 bits per heavy atom. The fourth-order valence-electron chi connectivity index (χ4n) is 2.90. The van der Waals surface area contributed by atoms with Crippen molar-refractivity contribution in [3.05, 3.63) is 35.8 Å². The van der Waals surface area contributed by atoms with Gasteiger partial charge in [-0.15, -0.1) is 0 Å². The maximum atomic E-state index is 13.4. The smallest absolute Gasteiger partial charge is 0.123 e. The molecule has 0 spiro atoms. The minimum atomic E-state index is -0.585. The quantitative estimate of drug-likeness (QED) is 0.887. The van der Waals surface area contributed by atoms with Crippen LogP contribution in [0.1, 0.15) is 11.7 Å². The molecule has 1 atom stereocenters. The second-order valence-corrected chi connectivity index (χ2v) is 5.42. The van der Waals surface area contributed by atoms with Crippen LogP contribution in [0.15, 0.2) is 24.4 Å². The van der Waals surface area contributed by atoms with Crippen LogP contribution in [0, 0.1) is 5.82 Å². The zero-order chi connectivity index (χ0) is 14.1. The zero-order valence-electron chi connectivity index (χ0n) is 11.6. The van der Waals surface area contributed by atoms with Gasteiger partial charge in [0, 0.05) is 62.4 Å². The van der Waals surface area contributed by atoms with Crippen LogP contribution in [0.3, 0.4) is 0 Å². The van der Waals surface area contributed by atoms with Crippen LogP contribution in [-0.2, 0) is 7.05 Å². The van der Waals surface area contributed by atoms with E-state index in [1.54, 1.807) is 6.07 Å². The molecule has 0 amide bonds. The molecule has 1 aliphatic heterocycles. The second kappa shape index (κ2) is 5.52. The Morgan fingerprint density at radius 3 is 2.85 bits per heavy atom. The lowest BCUT2D eigenvalue weighted by Crippen LogP contribution is -2.44. The first-order valence-corrected chi connectivity index (χ1v) is 7.01. The molecule has 1 aromatic heterocycles. The Balaban J connectivity index is 1.86. The van der Waals surface area contributed by atoms with Gasteiger partial charge in [0.05, 0.1) is 6.10 Å². The van der Waals surface area contributed by atoms with Gasteiger partial charge < -0.3 is 15.0 Å². The van der Waals surface area contributed by atoms with E-state index in [0.717, 1.165) is 42.6 Å². The van der Waals surface area contributed by atoms with Crippen molar-refractivity contribution in [3.63, 3.8) is 0 Å². The number of aryl methyl sites for hydroxylation is 1. The van der Waals surface area contributed by atoms with E-state index in [2.05, 4.69) is 10.2 Å². The van der Waals surface area contributed by atoms with Crippen molar-refractivity contribution in [3.8, 4) is 0 Å². The predicted molar refractivity (Wildman–Crippen MR) is 77.1 cm³/mol. The summed E-state index contributed by atoms with van der Waals surface area (Å²) in [6.45, 7) is 4.39. The Bertz CT molecular complexity index is 604. The van der Waals surface area contributed by atoms with Crippen molar-refractivity contribution < 1.29 is 9.50 Å². The number of fused-ring (bicyclic) bond motifs is 1. The summed E-state index contributed by atoms with van der Waals surface area (Å²) in [5.41, 5.74) is 1.75. The van der Waals surface area contributed by atoms with E-state index in [4.69, 9.17) is 0 Å². The van der Waals surface area contributed by atoms with Crippen LogP contribution < -0.4 is 5.32 Å². The molecule has 20 heavy (non-hydrogen) atoms. The highest BCUT2D eigenvalue weighted by Gasteiger charge is 2.19. The lowest BCUT2D eigenvalue weighted by Gasteiger charge is -2.29. The van der Waals surface area contributed by atoms with Crippen molar-refractivity contribution in [1.29, 1.82) is 0 Å². The highest BCUT2D eigenvalue weighted by atomic mass is 19.1. The third-order valence-corrected chi connectivity index (χ3v) is 3.98. The Labute approximate surface area is 117 Å². The Kier molecular flexibility index (Phi) is 3.74. The number of aromatic nitrogens is 1. The molecule has 4 nitrogen and oxygen atoms in total. The predicted octanol–water partition coefficient (Wildman–Crippen LogP) is 1.26. The summed E-state index contributed by atoms with van der Waals surface area (Å²) in [6.07, 6.45) is 1.32. The number of hydrogen-bond donors (Lipinski definition) is 2. The normalized spacial score (nSPS) is 18.6. The molecule has 5 heteroatoms. The number of hydrogen-bond acceptors (Lipinski definition) is 3. The van der Waals surface area contributed by atoms with Crippen LogP contribution >= 0.6 is 0 Å². The van der Waals surface area contributed by atoms with E-state index in [1.165, 1.54) is 12.1 Å². The molecule has 2 heterocycles. The molecular formula is C15H20FN3O. The van der Waals surface area contributed by atoms with Crippen molar-refractivity contribution >= 4 is 10.9 Å². The van der Waals surface area contributed by atoms with E-state index >= 15 is 0 Å². The molecule has 0 aliphatic carbocycles. The molecule has 0 bridgehead atoms. The van der Waals surface area contributed by atoms with Gasteiger partial charge in [-0.25, -0.2) is 4.39 Å². The average molecular weight is 277 g/mol. The van der Waals surface area contributed by atoms with Gasteiger partial charge >= 0.3 is 0 Å². The van der Waals surface area contributed by atoms with Crippen molar-refractivity contribution in [1.82, 2.24) is 14.8 Å². The summed E-state index contributed by atoms with van der Waals surface area (Å²) in [7, 11) is 1.92. The molecular weight excluding hydrogens is 257 g/mol. The van der Waals surface area contributed by atoms with Crippen LogP contribution in [-0.4, -0.2) is 47.3 Å². The molecule has 108 valence electrons. The standard InChI is InChI=1S/C15H20FN3O/c1-18-9-13(12-8-11(16)2-3-14(12)18)15(20)10-19-6-4-17-5-7-19/h2-3,8-9,15,17,20H,4-7,10H2,1H3. The van der Waals surface area contributed by atoms with E-state index in [1.807, 2.05) is 17.8 Å². The molecule has 2 N–H and O–H groups in total. The summed E-state index contributed by atoms with van der Waals surface area (Å²) in [5, 5.41) is 14.6. The minimum Gasteiger partial charge on any atom is -0.387 e. The minimum absolute atomic E-state index is 0.265. The molecule has 1 saturated heterocycles. The molecule has 1 fully saturated rings. The molecule has 3 rings (SSSR count). The van der Waals surface area contributed by atoms with Crippen molar-refractivity contribution in [2.75, 3.05) is 32.7 Å². The van der Waals surface area contributed by atoms with Gasteiger partial charge in [-0.3, -0.25) is 4.90 Å². The van der Waals surface area contributed by atoms with Crippen LogP contribution in [0.2, 0.25) is 0 Å². The maximum absolute atomic E-state index is 13.4. The lowest BCUT2D eigenvalue weighted by molar-refractivity contribution is 0.106. The lowest BCUT2D eigenvalue weighted by atomic mass is 10.1. The Hall–Kier alpha value is -1.43. The number of benzene rings is 1. The fourth-order valence-corrected chi connectivity index (χ4v) is 2.90. The highest BCUT2D eigenvalue weighted by molar-refractivity contribution is 5.84. The molecule has 1 aliphatic rings. The van der Waals surface area contributed by atoms with E-state index in [0.29, 0.717) is 6.54 Å². The van der Waals surface area contributed by atoms with Gasteiger partial charge in [0.15, 0.2) is 0 Å². The summed E-state index contributed by atoms with van der Waals surface area (Å²) < 4.78 is 15.4. The maximum Gasteiger partial charge on any atom is 0.123 e. The summed E-state index contributed by atoms with van der Waals surface area (Å²) in [6, 6.07) is 4.71. The Morgan fingerprint density at radius 2 is 2.10 bits per heavy atom. The number of rotatable bonds is 3.